The Bertz CT molecular complexity index is 1320. The van der Waals surface area contributed by atoms with Crippen molar-refractivity contribution in [1.29, 1.82) is 0 Å². The molecule has 0 aromatic carbocycles. The van der Waals surface area contributed by atoms with Crippen molar-refractivity contribution in [3.05, 3.63) is 33.7 Å². The van der Waals surface area contributed by atoms with Crippen molar-refractivity contribution in [2.45, 2.75) is 85.9 Å². The molecule has 40 heavy (non-hydrogen) atoms. The maximum atomic E-state index is 11.9. The number of rotatable bonds is 7. The van der Waals surface area contributed by atoms with Gasteiger partial charge in [-0.15, -0.1) is 4.90 Å². The topological polar surface area (TPSA) is 149 Å². The molecule has 2 amide bonds. The van der Waals surface area contributed by atoms with Gasteiger partial charge < -0.3 is 19.7 Å². The summed E-state index contributed by atoms with van der Waals surface area (Å²) in [6, 6.07) is 0. The van der Waals surface area contributed by atoms with Crippen LogP contribution in [0.5, 0.6) is 5.75 Å². The summed E-state index contributed by atoms with van der Waals surface area (Å²) in [4.78, 5) is 48.8. The molecule has 0 aliphatic carbocycles. The average Bonchev–Trinajstić information content (AvgIpc) is 3.10. The van der Waals surface area contributed by atoms with Crippen LogP contribution < -0.4 is 14.6 Å². The molecule has 0 bridgehead atoms. The van der Waals surface area contributed by atoms with Gasteiger partial charge in [-0.2, -0.15) is 9.97 Å². The lowest BCUT2D eigenvalue weighted by molar-refractivity contribution is -0.111. The molecule has 0 fully saturated rings. The van der Waals surface area contributed by atoms with Gasteiger partial charge >= 0.3 is 12.2 Å². The second-order valence-corrected chi connectivity index (χ2v) is 12.2. The number of fused-ring (bicyclic) bond motifs is 1. The lowest BCUT2D eigenvalue weighted by Crippen LogP contribution is -2.63. The molecule has 0 spiro atoms. The van der Waals surface area contributed by atoms with Crippen molar-refractivity contribution in [2.75, 3.05) is 17.0 Å². The van der Waals surface area contributed by atoms with Crippen molar-refractivity contribution >= 4 is 41.8 Å². The Hall–Kier alpha value is -3.51. The Kier molecular flexibility index (Phi) is 8.38. The van der Waals surface area contributed by atoms with Crippen LogP contribution in [0.15, 0.2) is 6.20 Å². The summed E-state index contributed by atoms with van der Waals surface area (Å²) in [6.45, 7) is 16.0. The number of hydrogen-bond donors (Lipinski definition) is 2. The third-order valence-corrected chi connectivity index (χ3v) is 7.50. The van der Waals surface area contributed by atoms with Crippen molar-refractivity contribution in [1.82, 2.24) is 20.0 Å². The summed E-state index contributed by atoms with van der Waals surface area (Å²) >= 11 is 6.84. The molecule has 0 saturated heterocycles. The first kappa shape index (κ1) is 31.0. The number of methoxy groups -OCH3 is 1. The first-order chi connectivity index (χ1) is 18.4. The second-order valence-electron chi connectivity index (χ2n) is 11.8. The van der Waals surface area contributed by atoms with Gasteiger partial charge in [-0.05, 0) is 46.5 Å². The Labute approximate surface area is 238 Å². The smallest absolute Gasteiger partial charge is 0.424 e. The molecule has 1 unspecified atom stereocenters. The molecule has 3 heterocycles. The van der Waals surface area contributed by atoms with Crippen LogP contribution in [0.1, 0.15) is 76.8 Å². The zero-order chi connectivity index (χ0) is 30.4. The molecule has 12 nitrogen and oxygen atoms in total. The number of imide groups is 1. The van der Waals surface area contributed by atoms with Gasteiger partial charge in [0.2, 0.25) is 5.95 Å². The molecular weight excluding hydrogens is 540 g/mol. The van der Waals surface area contributed by atoms with Gasteiger partial charge in [-0.3, -0.25) is 9.99 Å². The highest BCUT2D eigenvalue weighted by molar-refractivity contribution is 6.31. The Morgan fingerprint density at radius 3 is 2.20 bits per heavy atom. The van der Waals surface area contributed by atoms with E-state index in [0.29, 0.717) is 23.4 Å². The van der Waals surface area contributed by atoms with Crippen LogP contribution in [0, 0.1) is 19.3 Å². The third-order valence-electron chi connectivity index (χ3n) is 7.23. The number of anilines is 2. The van der Waals surface area contributed by atoms with Crippen molar-refractivity contribution in [2.24, 2.45) is 5.41 Å². The number of carbonyl (C=O) groups excluding carboxylic acids is 1. The molecular formula is C27H37ClN6O6. The summed E-state index contributed by atoms with van der Waals surface area (Å²) < 4.78 is 5.62. The molecule has 1 aliphatic rings. The number of hydrazine groups is 1. The molecule has 13 heteroatoms. The molecule has 2 aromatic heterocycles. The van der Waals surface area contributed by atoms with E-state index in [0.717, 1.165) is 17.4 Å². The number of halogens is 1. The quantitative estimate of drug-likeness (QED) is 0.314. The number of carboxylic acid groups (broad SMARTS) is 2. The number of amides is 2. The van der Waals surface area contributed by atoms with Crippen LogP contribution in [0.25, 0.3) is 0 Å². The van der Waals surface area contributed by atoms with Gasteiger partial charge in [0.05, 0.1) is 30.5 Å². The maximum absolute atomic E-state index is 11.9. The average molecular weight is 577 g/mol. The largest absolute Gasteiger partial charge is 0.496 e. The number of nitrogens with zero attached hydrogens (tertiary/aromatic N) is 6. The number of carbonyl (C=O) groups is 3. The van der Waals surface area contributed by atoms with Gasteiger partial charge in [-0.25, -0.2) is 14.6 Å². The fourth-order valence-corrected chi connectivity index (χ4v) is 6.05. The summed E-state index contributed by atoms with van der Waals surface area (Å²) in [7, 11) is 1.58. The molecule has 1 atom stereocenters. The SMILES string of the molecule is COc1c(C)cnc(CN2c3nc(N(C(=O)O)C(=O)O)nc(Cl)c3C(CCC=O)(C(C)(C)C)N2C(C)(C)C)c1C. The summed E-state index contributed by atoms with van der Waals surface area (Å²) in [5.74, 6) is 0.312. The van der Waals surface area contributed by atoms with E-state index in [1.807, 2.05) is 60.4 Å². The van der Waals surface area contributed by atoms with E-state index < -0.39 is 34.6 Å². The van der Waals surface area contributed by atoms with Crippen LogP contribution in [0.3, 0.4) is 0 Å². The molecule has 3 rings (SSSR count). The van der Waals surface area contributed by atoms with Crippen LogP contribution in [-0.4, -0.2) is 61.3 Å². The fraction of sp³-hybridized carbons (Fsp3) is 0.556. The normalized spacial score (nSPS) is 17.5. The first-order valence-corrected chi connectivity index (χ1v) is 13.2. The molecule has 0 saturated carbocycles. The summed E-state index contributed by atoms with van der Waals surface area (Å²) in [5.41, 5.74) is 0.701. The molecule has 218 valence electrons. The Morgan fingerprint density at radius 2 is 1.73 bits per heavy atom. The second kappa shape index (κ2) is 10.8. The number of aryl methyl sites for hydroxylation is 1. The number of pyridine rings is 1. The van der Waals surface area contributed by atoms with Crippen molar-refractivity contribution in [3.63, 3.8) is 0 Å². The number of aromatic nitrogens is 3. The lowest BCUT2D eigenvalue weighted by Gasteiger charge is -2.55. The molecule has 1 aliphatic heterocycles. The minimum atomic E-state index is -1.77. The van der Waals surface area contributed by atoms with Gasteiger partial charge in [0.25, 0.3) is 0 Å². The van der Waals surface area contributed by atoms with E-state index >= 15 is 0 Å². The Balaban J connectivity index is 2.47. The zero-order valence-electron chi connectivity index (χ0n) is 24.4. The fourth-order valence-electron chi connectivity index (χ4n) is 5.73. The monoisotopic (exact) mass is 576 g/mol. The number of ether oxygens (including phenoxy) is 1. The van der Waals surface area contributed by atoms with E-state index in [2.05, 4.69) is 20.0 Å². The van der Waals surface area contributed by atoms with E-state index in [9.17, 15) is 24.6 Å². The van der Waals surface area contributed by atoms with E-state index in [4.69, 9.17) is 16.3 Å². The first-order valence-electron chi connectivity index (χ1n) is 12.8. The zero-order valence-corrected chi connectivity index (χ0v) is 25.1. The van der Waals surface area contributed by atoms with Crippen molar-refractivity contribution in [3.8, 4) is 5.75 Å². The lowest BCUT2D eigenvalue weighted by atomic mass is 9.66. The highest BCUT2D eigenvalue weighted by atomic mass is 35.5. The molecule has 2 aromatic rings. The van der Waals surface area contributed by atoms with Gasteiger partial charge in [0, 0.05) is 29.3 Å². The number of aldehydes is 1. The molecule has 0 radical (unpaired) electrons. The van der Waals surface area contributed by atoms with E-state index in [1.165, 1.54) is 0 Å². The highest BCUT2D eigenvalue weighted by Gasteiger charge is 2.61. The van der Waals surface area contributed by atoms with Crippen molar-refractivity contribution < 1.29 is 29.3 Å². The minimum Gasteiger partial charge on any atom is -0.496 e. The Morgan fingerprint density at radius 1 is 1.12 bits per heavy atom. The van der Waals surface area contributed by atoms with Gasteiger partial charge in [0.1, 0.15) is 17.2 Å². The minimum absolute atomic E-state index is 0.0205. The van der Waals surface area contributed by atoms with Crippen LogP contribution in [0.4, 0.5) is 21.4 Å². The van der Waals surface area contributed by atoms with Crippen LogP contribution in [0.2, 0.25) is 5.15 Å². The maximum Gasteiger partial charge on any atom is 0.424 e. The van der Waals surface area contributed by atoms with Crippen LogP contribution >= 0.6 is 11.6 Å². The standard InChI is InChI=1S/C27H37ClN6O6/c1-15-13-29-17(16(2)19(15)40-9)14-32-21-18(20(28)30-22(31-21)33(23(36)37)24(38)39)27(11-10-12-35,25(3,4)5)34(32)26(6,7)8/h12-13H,10-11,14H2,1-9H3,(H,36,37)(H,38,39). The van der Waals surface area contributed by atoms with Crippen LogP contribution in [-0.2, 0) is 16.9 Å². The number of hydrogen-bond acceptors (Lipinski definition) is 9. The summed E-state index contributed by atoms with van der Waals surface area (Å²) in [6.07, 6.45) is -0.463. The van der Waals surface area contributed by atoms with Gasteiger partial charge in [-0.1, -0.05) is 32.4 Å². The predicted molar refractivity (Wildman–Crippen MR) is 150 cm³/mol. The van der Waals surface area contributed by atoms with Gasteiger partial charge in [0.15, 0.2) is 5.82 Å². The summed E-state index contributed by atoms with van der Waals surface area (Å²) in [5, 5.41) is 23.1. The third kappa shape index (κ3) is 5.05. The van der Waals surface area contributed by atoms with E-state index in [1.54, 1.807) is 13.3 Å². The highest BCUT2D eigenvalue weighted by Crippen LogP contribution is 2.60. The van der Waals surface area contributed by atoms with E-state index in [-0.39, 0.29) is 28.8 Å². The predicted octanol–water partition coefficient (Wildman–Crippen LogP) is 5.57. The molecule has 2 N–H and O–H groups in total.